The summed E-state index contributed by atoms with van der Waals surface area (Å²) in [6.07, 6.45) is -4.01. The van der Waals surface area contributed by atoms with Crippen LogP contribution in [0.1, 0.15) is 5.56 Å². The van der Waals surface area contributed by atoms with E-state index in [0.29, 0.717) is 12.3 Å². The van der Waals surface area contributed by atoms with Crippen LogP contribution in [0, 0.1) is 10.5 Å². The molecule has 6 heteroatoms. The first kappa shape index (κ1) is 9.18. The lowest BCUT2D eigenvalue weighted by Crippen LogP contribution is -2.06. The molecule has 1 heterocycles. The van der Waals surface area contributed by atoms with Crippen LogP contribution in [0.3, 0.4) is 0 Å². The summed E-state index contributed by atoms with van der Waals surface area (Å²) in [6.45, 7) is 0. The maximum Gasteiger partial charge on any atom is 0.419 e. The normalized spacial score (nSPS) is 11.7. The molecule has 0 aromatic carbocycles. The molecule has 1 aromatic heterocycles. The van der Waals surface area contributed by atoms with Gasteiger partial charge in [-0.05, 0) is 0 Å². The second kappa shape index (κ2) is 2.85. The van der Waals surface area contributed by atoms with Gasteiger partial charge in [0.25, 0.3) is 0 Å². The van der Waals surface area contributed by atoms with Crippen LogP contribution < -0.4 is 0 Å². The van der Waals surface area contributed by atoms with E-state index >= 15 is 0 Å². The van der Waals surface area contributed by atoms with E-state index in [0.717, 1.165) is 0 Å². The van der Waals surface area contributed by atoms with Crippen molar-refractivity contribution in [3.05, 3.63) is 28.3 Å². The zero-order valence-corrected chi connectivity index (χ0v) is 6.39. The van der Waals surface area contributed by atoms with Crippen LogP contribution in [0.4, 0.5) is 17.6 Å². The Hall–Kier alpha value is -0.910. The maximum absolute atomic E-state index is 12.2. The summed E-state index contributed by atoms with van der Waals surface area (Å²) in [5, 5.41) is 0. The Morgan fingerprint density at radius 2 is 1.92 bits per heavy atom. The van der Waals surface area contributed by atoms with Crippen molar-refractivity contribution in [3.63, 3.8) is 0 Å². The fourth-order valence-electron chi connectivity index (χ4n) is 0.668. The van der Waals surface area contributed by atoms with Gasteiger partial charge in [0.05, 0.1) is 10.1 Å². The fraction of sp³-hybridized carbons (Fsp3) is 0.167. The van der Waals surface area contributed by atoms with E-state index in [1.807, 2.05) is 0 Å². The summed E-state index contributed by atoms with van der Waals surface area (Å²) in [5.41, 5.74) is -1.03. The second-order valence-corrected chi connectivity index (χ2v) is 2.50. The zero-order valence-electron chi connectivity index (χ0n) is 5.57. The molecule has 0 aliphatic heterocycles. The molecule has 1 rings (SSSR count). The first-order valence-corrected chi connectivity index (χ1v) is 3.27. The first-order chi connectivity index (χ1) is 5.41. The van der Waals surface area contributed by atoms with Crippen LogP contribution in [0.2, 0.25) is 0 Å². The van der Waals surface area contributed by atoms with E-state index < -0.39 is 22.2 Å². The molecule has 0 aliphatic carbocycles. The number of nitrogens with one attached hydrogen (secondary N) is 1. The molecule has 66 valence electrons. The van der Waals surface area contributed by atoms with Crippen molar-refractivity contribution in [2.45, 2.75) is 6.18 Å². The smallest absolute Gasteiger partial charge is 0.338 e. The van der Waals surface area contributed by atoms with Gasteiger partial charge in [-0.1, -0.05) is 12.2 Å². The van der Waals surface area contributed by atoms with Crippen LogP contribution in [-0.4, -0.2) is 4.98 Å². The summed E-state index contributed by atoms with van der Waals surface area (Å²) in [7, 11) is 0. The van der Waals surface area contributed by atoms with Gasteiger partial charge in [0.15, 0.2) is 5.95 Å². The van der Waals surface area contributed by atoms with E-state index in [4.69, 9.17) is 0 Å². The minimum atomic E-state index is -4.53. The van der Waals surface area contributed by atoms with Crippen molar-refractivity contribution in [1.29, 1.82) is 0 Å². The molecule has 0 amide bonds. The van der Waals surface area contributed by atoms with Gasteiger partial charge < -0.3 is 4.98 Å². The molecule has 0 saturated carbocycles. The molecule has 0 bridgehead atoms. The lowest BCUT2D eigenvalue weighted by atomic mass is 10.3. The highest BCUT2D eigenvalue weighted by atomic mass is 32.1. The molecule has 0 aliphatic rings. The largest absolute Gasteiger partial charge is 0.419 e. The second-order valence-electron chi connectivity index (χ2n) is 2.06. The molecule has 0 spiro atoms. The van der Waals surface area contributed by atoms with Crippen molar-refractivity contribution in [2.75, 3.05) is 0 Å². The van der Waals surface area contributed by atoms with Crippen LogP contribution >= 0.6 is 12.2 Å². The summed E-state index contributed by atoms with van der Waals surface area (Å²) < 4.78 is 47.6. The SMILES string of the molecule is Fc1cc(=S)c(C(F)(F)F)c[nH]1. The van der Waals surface area contributed by atoms with Crippen molar-refractivity contribution in [1.82, 2.24) is 4.98 Å². The molecule has 0 unspecified atom stereocenters. The Morgan fingerprint density at radius 3 is 2.33 bits per heavy atom. The van der Waals surface area contributed by atoms with E-state index in [1.54, 1.807) is 4.98 Å². The van der Waals surface area contributed by atoms with Crippen molar-refractivity contribution < 1.29 is 17.6 Å². The number of rotatable bonds is 0. The third-order valence-electron chi connectivity index (χ3n) is 1.18. The minimum Gasteiger partial charge on any atom is -0.338 e. The molecule has 0 fully saturated rings. The Kier molecular flexibility index (Phi) is 2.18. The number of aromatic nitrogens is 1. The van der Waals surface area contributed by atoms with Crippen molar-refractivity contribution in [3.8, 4) is 0 Å². The molecular weight excluding hydrogens is 194 g/mol. The van der Waals surface area contributed by atoms with Gasteiger partial charge in [0, 0.05) is 12.3 Å². The standard InChI is InChI=1S/C6H3F4NS/c7-5-1-4(12)3(2-11-5)6(8,9)10/h1-2H,(H,11,12). The van der Waals surface area contributed by atoms with Gasteiger partial charge in [-0.3, -0.25) is 0 Å². The minimum absolute atomic E-state index is 0.512. The Bertz CT molecular complexity index is 340. The highest BCUT2D eigenvalue weighted by Gasteiger charge is 2.32. The molecule has 0 radical (unpaired) electrons. The number of hydrogen-bond acceptors (Lipinski definition) is 1. The van der Waals surface area contributed by atoms with Crippen LogP contribution in [0.5, 0.6) is 0 Å². The number of pyridine rings is 1. The monoisotopic (exact) mass is 197 g/mol. The van der Waals surface area contributed by atoms with Crippen molar-refractivity contribution >= 4 is 12.2 Å². The predicted molar refractivity (Wildman–Crippen MR) is 36.6 cm³/mol. The quantitative estimate of drug-likeness (QED) is 0.384. The summed E-state index contributed by atoms with van der Waals surface area (Å²) in [4.78, 5) is 1.79. The molecular formula is C6H3F4NS. The van der Waals surface area contributed by atoms with Gasteiger partial charge in [0.1, 0.15) is 0 Å². The number of hydrogen-bond donors (Lipinski definition) is 1. The Balaban J connectivity index is 3.29. The maximum atomic E-state index is 12.2. The number of halogens is 4. The third kappa shape index (κ3) is 1.82. The third-order valence-corrected chi connectivity index (χ3v) is 1.52. The average molecular weight is 197 g/mol. The first-order valence-electron chi connectivity index (χ1n) is 2.86. The molecule has 0 atom stereocenters. The van der Waals surface area contributed by atoms with Crippen molar-refractivity contribution in [2.24, 2.45) is 0 Å². The molecule has 12 heavy (non-hydrogen) atoms. The van der Waals surface area contributed by atoms with Gasteiger partial charge in [-0.2, -0.15) is 17.6 Å². The zero-order chi connectivity index (χ0) is 9.35. The molecule has 1 nitrogen and oxygen atoms in total. The predicted octanol–water partition coefficient (Wildman–Crippen LogP) is 2.90. The van der Waals surface area contributed by atoms with Gasteiger partial charge >= 0.3 is 6.18 Å². The van der Waals surface area contributed by atoms with Crippen LogP contribution in [-0.2, 0) is 6.18 Å². The van der Waals surface area contributed by atoms with Crippen LogP contribution in [0.15, 0.2) is 12.3 Å². The van der Waals surface area contributed by atoms with E-state index in [9.17, 15) is 17.6 Å². The topological polar surface area (TPSA) is 15.8 Å². The molecule has 1 aromatic rings. The van der Waals surface area contributed by atoms with Gasteiger partial charge in [-0.15, -0.1) is 0 Å². The average Bonchev–Trinajstić information content (AvgIpc) is 1.83. The number of H-pyrrole nitrogens is 1. The van der Waals surface area contributed by atoms with Gasteiger partial charge in [-0.25, -0.2) is 0 Å². The lowest BCUT2D eigenvalue weighted by molar-refractivity contribution is -0.138. The van der Waals surface area contributed by atoms with Crippen LogP contribution in [0.25, 0.3) is 0 Å². The van der Waals surface area contributed by atoms with E-state index in [-0.39, 0.29) is 0 Å². The number of alkyl halides is 3. The highest BCUT2D eigenvalue weighted by molar-refractivity contribution is 7.71. The Morgan fingerprint density at radius 1 is 1.33 bits per heavy atom. The lowest BCUT2D eigenvalue weighted by Gasteiger charge is -2.05. The fourth-order valence-corrected chi connectivity index (χ4v) is 0.946. The van der Waals surface area contributed by atoms with E-state index in [1.165, 1.54) is 0 Å². The highest BCUT2D eigenvalue weighted by Crippen LogP contribution is 2.29. The molecule has 0 saturated heterocycles. The summed E-state index contributed by atoms with van der Waals surface area (Å²) in [6, 6.07) is 0.623. The number of aromatic amines is 1. The summed E-state index contributed by atoms with van der Waals surface area (Å²) >= 11 is 4.31. The van der Waals surface area contributed by atoms with E-state index in [2.05, 4.69) is 12.2 Å². The Labute approximate surface area is 70.0 Å². The van der Waals surface area contributed by atoms with Gasteiger partial charge in [0.2, 0.25) is 0 Å². The summed E-state index contributed by atoms with van der Waals surface area (Å²) in [5.74, 6) is -0.881. The molecule has 1 N–H and O–H groups in total.